The second-order valence-electron chi connectivity index (χ2n) is 2.40. The zero-order chi connectivity index (χ0) is 9.35. The molecule has 0 aliphatic carbocycles. The fourth-order valence-electron chi connectivity index (χ4n) is 0.914. The Morgan fingerprint density at radius 1 is 1.38 bits per heavy atom. The monoisotopic (exact) mass is 194 g/mol. The quantitative estimate of drug-likeness (QED) is 0.399. The minimum absolute atomic E-state index is 0. The van der Waals surface area contributed by atoms with Crippen LogP contribution < -0.4 is 18.9 Å². The summed E-state index contributed by atoms with van der Waals surface area (Å²) >= 11 is 0. The van der Waals surface area contributed by atoms with E-state index in [2.05, 4.69) is 0 Å². The number of aromatic hydroxyl groups is 1. The summed E-state index contributed by atoms with van der Waals surface area (Å²) in [6.45, 7) is 1.45. The molecule has 13 heavy (non-hydrogen) atoms. The van der Waals surface area contributed by atoms with Crippen molar-refractivity contribution in [2.75, 3.05) is 0 Å². The van der Waals surface area contributed by atoms with Crippen LogP contribution in [0, 0.1) is 6.92 Å². The predicted molar refractivity (Wildman–Crippen MR) is 40.8 cm³/mol. The molecule has 0 spiro atoms. The number of hydrogen-bond donors (Lipinski definition) is 1. The topological polar surface area (TPSA) is 77.4 Å². The second-order valence-corrected chi connectivity index (χ2v) is 3.75. The first kappa shape index (κ1) is 12.5. The molecule has 0 aliphatic rings. The standard InChI is InChI=1S/C7H8O4S.Li/c1-5-4-6(8)2-3-7(5)12(9,10)11;/h2-4,8H,1H3,(H,9,10,11);/q;+1/p-1. The molecule has 0 saturated heterocycles. The van der Waals surface area contributed by atoms with E-state index in [-0.39, 0.29) is 35.1 Å². The van der Waals surface area contributed by atoms with Crippen LogP contribution in [0.4, 0.5) is 0 Å². The van der Waals surface area contributed by atoms with Crippen LogP contribution in [0.2, 0.25) is 0 Å². The van der Waals surface area contributed by atoms with Gasteiger partial charge >= 0.3 is 18.9 Å². The van der Waals surface area contributed by atoms with Crippen LogP contribution in [0.1, 0.15) is 5.56 Å². The molecule has 66 valence electrons. The Hall–Kier alpha value is -0.473. The van der Waals surface area contributed by atoms with Crippen LogP contribution in [-0.4, -0.2) is 18.1 Å². The molecular weight excluding hydrogens is 187 g/mol. The number of aryl methyl sites for hydroxylation is 1. The van der Waals surface area contributed by atoms with Crippen molar-refractivity contribution in [3.05, 3.63) is 23.8 Å². The van der Waals surface area contributed by atoms with Gasteiger partial charge in [0, 0.05) is 0 Å². The van der Waals surface area contributed by atoms with E-state index in [1.165, 1.54) is 13.0 Å². The minimum atomic E-state index is -4.41. The molecule has 0 amide bonds. The van der Waals surface area contributed by atoms with Crippen molar-refractivity contribution in [3.8, 4) is 5.75 Å². The van der Waals surface area contributed by atoms with Gasteiger partial charge in [-0.3, -0.25) is 0 Å². The van der Waals surface area contributed by atoms with Crippen molar-refractivity contribution >= 4 is 10.1 Å². The zero-order valence-electron chi connectivity index (χ0n) is 7.31. The normalized spacial score (nSPS) is 10.6. The second kappa shape index (κ2) is 4.16. The van der Waals surface area contributed by atoms with Crippen LogP contribution in [-0.2, 0) is 10.1 Å². The fourth-order valence-corrected chi connectivity index (χ4v) is 1.60. The van der Waals surface area contributed by atoms with Gasteiger partial charge in [0.15, 0.2) is 0 Å². The molecule has 0 bridgehead atoms. The third-order valence-corrected chi connectivity index (χ3v) is 2.42. The van der Waals surface area contributed by atoms with Crippen LogP contribution >= 0.6 is 0 Å². The van der Waals surface area contributed by atoms with Crippen molar-refractivity contribution in [1.29, 1.82) is 0 Å². The molecule has 1 aromatic rings. The van der Waals surface area contributed by atoms with E-state index < -0.39 is 10.1 Å². The Bertz CT molecular complexity index is 399. The SMILES string of the molecule is Cc1cc(O)ccc1S(=O)(=O)[O-].[Li+]. The summed E-state index contributed by atoms with van der Waals surface area (Å²) in [5.74, 6) is -0.0556. The molecule has 0 unspecified atom stereocenters. The Morgan fingerprint density at radius 3 is 2.31 bits per heavy atom. The van der Waals surface area contributed by atoms with Crippen molar-refractivity contribution in [2.24, 2.45) is 0 Å². The largest absolute Gasteiger partial charge is 1.00 e. The molecule has 6 heteroatoms. The van der Waals surface area contributed by atoms with Crippen LogP contribution in [0.5, 0.6) is 5.75 Å². The Labute approximate surface area is 88.5 Å². The molecule has 1 rings (SSSR count). The van der Waals surface area contributed by atoms with Gasteiger partial charge in [0.2, 0.25) is 0 Å². The molecule has 1 N–H and O–H groups in total. The Morgan fingerprint density at radius 2 is 1.92 bits per heavy atom. The number of benzene rings is 1. The summed E-state index contributed by atoms with van der Waals surface area (Å²) in [5.41, 5.74) is 0.255. The maximum atomic E-state index is 10.5. The summed E-state index contributed by atoms with van der Waals surface area (Å²) in [6.07, 6.45) is 0. The maximum absolute atomic E-state index is 10.5. The predicted octanol–water partition coefficient (Wildman–Crippen LogP) is -2.39. The summed E-state index contributed by atoms with van der Waals surface area (Å²) < 4.78 is 31.6. The first-order valence-corrected chi connectivity index (χ1v) is 4.57. The van der Waals surface area contributed by atoms with Gasteiger partial charge in [-0.25, -0.2) is 8.42 Å². The van der Waals surface area contributed by atoms with E-state index in [9.17, 15) is 13.0 Å². The van der Waals surface area contributed by atoms with Gasteiger partial charge in [-0.05, 0) is 30.7 Å². The van der Waals surface area contributed by atoms with E-state index in [4.69, 9.17) is 5.11 Å². The van der Waals surface area contributed by atoms with Crippen LogP contribution in [0.25, 0.3) is 0 Å². The summed E-state index contributed by atoms with van der Waals surface area (Å²) in [4.78, 5) is -0.291. The third-order valence-electron chi connectivity index (χ3n) is 1.43. The molecule has 0 saturated carbocycles. The molecule has 0 fully saturated rings. The number of rotatable bonds is 1. The van der Waals surface area contributed by atoms with Crippen molar-refractivity contribution < 1.29 is 36.9 Å². The van der Waals surface area contributed by atoms with E-state index in [1.807, 2.05) is 0 Å². The Balaban J connectivity index is 0.00000144. The number of hydrogen-bond acceptors (Lipinski definition) is 4. The smallest absolute Gasteiger partial charge is 0.744 e. The Kier molecular flexibility index (Phi) is 4.01. The third kappa shape index (κ3) is 3.05. The molecule has 0 radical (unpaired) electrons. The molecule has 1 aromatic carbocycles. The zero-order valence-corrected chi connectivity index (χ0v) is 8.13. The molecule has 0 atom stereocenters. The molecule has 0 aromatic heterocycles. The molecule has 4 nitrogen and oxygen atoms in total. The van der Waals surface area contributed by atoms with Gasteiger partial charge in [0.25, 0.3) is 0 Å². The van der Waals surface area contributed by atoms with Gasteiger partial charge in [-0.2, -0.15) is 0 Å². The van der Waals surface area contributed by atoms with Crippen LogP contribution in [0.15, 0.2) is 23.1 Å². The van der Waals surface area contributed by atoms with Crippen molar-refractivity contribution in [1.82, 2.24) is 0 Å². The molecule has 0 heterocycles. The van der Waals surface area contributed by atoms with E-state index in [0.717, 1.165) is 12.1 Å². The summed E-state index contributed by atoms with van der Waals surface area (Å²) in [7, 11) is -4.41. The van der Waals surface area contributed by atoms with Gasteiger partial charge < -0.3 is 9.66 Å². The maximum Gasteiger partial charge on any atom is 1.00 e. The van der Waals surface area contributed by atoms with Gasteiger partial charge in [-0.1, -0.05) is 0 Å². The molecular formula is C7H7LiO4S. The minimum Gasteiger partial charge on any atom is -0.744 e. The van der Waals surface area contributed by atoms with E-state index >= 15 is 0 Å². The van der Waals surface area contributed by atoms with Gasteiger partial charge in [-0.15, -0.1) is 0 Å². The summed E-state index contributed by atoms with van der Waals surface area (Å²) in [5, 5.41) is 8.91. The van der Waals surface area contributed by atoms with Crippen molar-refractivity contribution in [3.63, 3.8) is 0 Å². The van der Waals surface area contributed by atoms with E-state index in [0.29, 0.717) is 0 Å². The van der Waals surface area contributed by atoms with Gasteiger partial charge in [0.1, 0.15) is 15.9 Å². The van der Waals surface area contributed by atoms with E-state index in [1.54, 1.807) is 0 Å². The summed E-state index contributed by atoms with van der Waals surface area (Å²) in [6, 6.07) is 3.48. The number of phenolic OH excluding ortho intramolecular Hbond substituents is 1. The fraction of sp³-hybridized carbons (Fsp3) is 0.143. The number of phenols is 1. The van der Waals surface area contributed by atoms with Crippen molar-refractivity contribution in [2.45, 2.75) is 11.8 Å². The average molecular weight is 194 g/mol. The van der Waals surface area contributed by atoms with Crippen LogP contribution in [0.3, 0.4) is 0 Å². The first-order valence-electron chi connectivity index (χ1n) is 3.17. The first-order chi connectivity index (χ1) is 5.41. The average Bonchev–Trinajstić information content (AvgIpc) is 1.83. The van der Waals surface area contributed by atoms with Gasteiger partial charge in [0.05, 0.1) is 4.90 Å². The molecule has 0 aliphatic heterocycles.